The Morgan fingerprint density at radius 3 is 1.37 bits per heavy atom. The summed E-state index contributed by atoms with van der Waals surface area (Å²) in [5, 5.41) is 1.39. The van der Waals surface area contributed by atoms with Crippen molar-refractivity contribution >= 4 is 34.6 Å². The highest BCUT2D eigenvalue weighted by Crippen LogP contribution is 2.41. The first-order valence-corrected chi connectivity index (χ1v) is 10.5. The second kappa shape index (κ2) is 9.36. The Kier molecular flexibility index (Phi) is 6.39. The molecule has 2 N–H and O–H groups in total. The van der Waals surface area contributed by atoms with E-state index in [1.54, 1.807) is 0 Å². The van der Waals surface area contributed by atoms with Crippen molar-refractivity contribution < 1.29 is 0 Å². The van der Waals surface area contributed by atoms with E-state index in [4.69, 9.17) is 28.9 Å². The molecule has 0 fully saturated rings. The lowest BCUT2D eigenvalue weighted by molar-refractivity contribution is 0.561. The monoisotopic (exact) mass is 432 g/mol. The lowest BCUT2D eigenvalue weighted by atomic mass is 9.91. The maximum absolute atomic E-state index is 6.92. The molecule has 0 aliphatic rings. The second-order valence-electron chi connectivity index (χ2n) is 7.11. The summed E-state index contributed by atoms with van der Waals surface area (Å²) >= 11 is 12.3. The van der Waals surface area contributed by atoms with Crippen LogP contribution in [0, 0.1) is 0 Å². The molecule has 0 aromatic heterocycles. The molecule has 4 aromatic carbocycles. The second-order valence-corrected chi connectivity index (χ2v) is 7.99. The van der Waals surface area contributed by atoms with Gasteiger partial charge in [-0.05, 0) is 59.7 Å². The molecule has 2 atom stereocenters. The van der Waals surface area contributed by atoms with Crippen molar-refractivity contribution in [2.24, 2.45) is 5.73 Å². The summed E-state index contributed by atoms with van der Waals surface area (Å²) in [6.07, 6.45) is 0. The van der Waals surface area contributed by atoms with Crippen LogP contribution in [0.4, 0.5) is 11.4 Å². The number of hydrogen-bond acceptors (Lipinski definition) is 2. The minimum Gasteiger partial charge on any atom is -0.332 e. The van der Waals surface area contributed by atoms with Crippen LogP contribution < -0.4 is 10.6 Å². The summed E-state index contributed by atoms with van der Waals surface area (Å²) in [5.74, 6) is 0. The number of benzene rings is 4. The number of hydrogen-bond donors (Lipinski definition) is 1. The molecule has 0 saturated carbocycles. The number of rotatable bonds is 6. The van der Waals surface area contributed by atoms with E-state index in [2.05, 4.69) is 29.2 Å². The van der Waals surface area contributed by atoms with Crippen LogP contribution in [0.15, 0.2) is 109 Å². The van der Waals surface area contributed by atoms with Gasteiger partial charge in [0.2, 0.25) is 0 Å². The number of nitrogens with zero attached hydrogens (tertiary/aromatic N) is 1. The average Bonchev–Trinajstić information content (AvgIpc) is 2.79. The standard InChI is InChI=1S/C26H22Cl2N2/c27-21-15-11-19(12-16-21)25(29)26(20-13-17-22(28)18-14-20)30(23-7-3-1-4-8-23)24-9-5-2-6-10-24/h1-18,25-26H,29H2. The normalized spacial score (nSPS) is 12.9. The van der Waals surface area contributed by atoms with Crippen LogP contribution >= 0.6 is 23.2 Å². The number of anilines is 2. The van der Waals surface area contributed by atoms with Gasteiger partial charge >= 0.3 is 0 Å². The first kappa shape index (κ1) is 20.5. The van der Waals surface area contributed by atoms with Crippen LogP contribution in [-0.2, 0) is 0 Å². The largest absolute Gasteiger partial charge is 0.332 e. The van der Waals surface area contributed by atoms with E-state index in [1.165, 1.54) is 0 Å². The van der Waals surface area contributed by atoms with Crippen molar-refractivity contribution in [1.29, 1.82) is 0 Å². The molecule has 0 bridgehead atoms. The molecule has 0 aliphatic carbocycles. The van der Waals surface area contributed by atoms with Crippen LogP contribution in [0.3, 0.4) is 0 Å². The smallest absolute Gasteiger partial charge is 0.0784 e. The highest BCUT2D eigenvalue weighted by Gasteiger charge is 2.29. The summed E-state index contributed by atoms with van der Waals surface area (Å²) < 4.78 is 0. The molecule has 0 heterocycles. The lowest BCUT2D eigenvalue weighted by Crippen LogP contribution is -2.33. The van der Waals surface area contributed by atoms with Crippen molar-refractivity contribution in [3.05, 3.63) is 130 Å². The third-order valence-corrected chi connectivity index (χ3v) is 5.66. The first-order valence-electron chi connectivity index (χ1n) is 9.79. The van der Waals surface area contributed by atoms with Gasteiger partial charge in [-0.3, -0.25) is 0 Å². The van der Waals surface area contributed by atoms with Crippen LogP contribution in [0.1, 0.15) is 23.2 Å². The summed E-state index contributed by atoms with van der Waals surface area (Å²) in [4.78, 5) is 2.28. The van der Waals surface area contributed by atoms with Gasteiger partial charge in [-0.2, -0.15) is 0 Å². The highest BCUT2D eigenvalue weighted by molar-refractivity contribution is 6.30. The van der Waals surface area contributed by atoms with E-state index in [-0.39, 0.29) is 12.1 Å². The predicted molar refractivity (Wildman–Crippen MR) is 128 cm³/mol. The molecule has 4 aromatic rings. The van der Waals surface area contributed by atoms with Crippen LogP contribution in [0.5, 0.6) is 0 Å². The zero-order valence-corrected chi connectivity index (χ0v) is 17.8. The van der Waals surface area contributed by atoms with Crippen molar-refractivity contribution in [1.82, 2.24) is 0 Å². The van der Waals surface area contributed by atoms with Gasteiger partial charge in [0.25, 0.3) is 0 Å². The maximum Gasteiger partial charge on any atom is 0.0784 e. The van der Waals surface area contributed by atoms with Gasteiger partial charge in [0, 0.05) is 21.4 Å². The molecular formula is C26H22Cl2N2. The van der Waals surface area contributed by atoms with E-state index in [9.17, 15) is 0 Å². The van der Waals surface area contributed by atoms with E-state index in [0.29, 0.717) is 10.0 Å². The molecule has 30 heavy (non-hydrogen) atoms. The predicted octanol–water partition coefficient (Wildman–Crippen LogP) is 7.57. The molecule has 2 unspecified atom stereocenters. The number of para-hydroxylation sites is 2. The van der Waals surface area contributed by atoms with Crippen molar-refractivity contribution in [3.63, 3.8) is 0 Å². The van der Waals surface area contributed by atoms with Gasteiger partial charge in [-0.1, -0.05) is 83.9 Å². The summed E-state index contributed by atoms with van der Waals surface area (Å²) in [7, 11) is 0. The molecule has 2 nitrogen and oxygen atoms in total. The van der Waals surface area contributed by atoms with Gasteiger partial charge < -0.3 is 10.6 Å². The summed E-state index contributed by atoms with van der Waals surface area (Å²) in [6.45, 7) is 0. The van der Waals surface area contributed by atoms with Gasteiger partial charge in [0.1, 0.15) is 0 Å². The van der Waals surface area contributed by atoms with Gasteiger partial charge in [0.05, 0.1) is 12.1 Å². The number of nitrogens with two attached hydrogens (primary N) is 1. The maximum atomic E-state index is 6.92. The molecule has 0 amide bonds. The third kappa shape index (κ3) is 4.52. The van der Waals surface area contributed by atoms with Crippen molar-refractivity contribution in [2.45, 2.75) is 12.1 Å². The van der Waals surface area contributed by atoms with Crippen molar-refractivity contribution in [2.75, 3.05) is 4.90 Å². The Balaban J connectivity index is 1.89. The summed E-state index contributed by atoms with van der Waals surface area (Å²) in [5.41, 5.74) is 11.1. The molecule has 4 rings (SSSR count). The zero-order chi connectivity index (χ0) is 20.9. The molecule has 0 spiro atoms. The SMILES string of the molecule is NC(c1ccc(Cl)cc1)C(c1ccc(Cl)cc1)N(c1ccccc1)c1ccccc1. The Bertz CT molecular complexity index is 1030. The van der Waals surface area contributed by atoms with Crippen LogP contribution in [-0.4, -0.2) is 0 Å². The van der Waals surface area contributed by atoms with E-state index < -0.39 is 0 Å². The molecule has 0 aliphatic heterocycles. The minimum absolute atomic E-state index is 0.159. The minimum atomic E-state index is -0.302. The molecule has 4 heteroatoms. The zero-order valence-electron chi connectivity index (χ0n) is 16.3. The van der Waals surface area contributed by atoms with Gasteiger partial charge in [0.15, 0.2) is 0 Å². The van der Waals surface area contributed by atoms with E-state index in [1.807, 2.05) is 84.9 Å². The fraction of sp³-hybridized carbons (Fsp3) is 0.0769. The highest BCUT2D eigenvalue weighted by atomic mass is 35.5. The van der Waals surface area contributed by atoms with Gasteiger partial charge in [-0.25, -0.2) is 0 Å². The molecule has 0 radical (unpaired) electrons. The summed E-state index contributed by atoms with van der Waals surface area (Å²) in [6, 6.07) is 35.8. The van der Waals surface area contributed by atoms with Crippen LogP contribution in [0.25, 0.3) is 0 Å². The average molecular weight is 433 g/mol. The first-order chi connectivity index (χ1) is 14.6. The molecule has 0 saturated heterocycles. The Morgan fingerprint density at radius 1 is 0.533 bits per heavy atom. The van der Waals surface area contributed by atoms with Crippen molar-refractivity contribution in [3.8, 4) is 0 Å². The van der Waals surface area contributed by atoms with E-state index in [0.717, 1.165) is 22.5 Å². The fourth-order valence-electron chi connectivity index (χ4n) is 3.69. The Hall–Kier alpha value is -2.78. The topological polar surface area (TPSA) is 29.3 Å². The Morgan fingerprint density at radius 2 is 0.933 bits per heavy atom. The quantitative estimate of drug-likeness (QED) is 0.340. The fourth-order valence-corrected chi connectivity index (χ4v) is 3.94. The van der Waals surface area contributed by atoms with Gasteiger partial charge in [-0.15, -0.1) is 0 Å². The third-order valence-electron chi connectivity index (χ3n) is 5.15. The van der Waals surface area contributed by atoms with E-state index >= 15 is 0 Å². The Labute approximate surface area is 187 Å². The lowest BCUT2D eigenvalue weighted by Gasteiger charge is -2.38. The molecule has 150 valence electrons. The van der Waals surface area contributed by atoms with Crippen LogP contribution in [0.2, 0.25) is 10.0 Å². The molecular weight excluding hydrogens is 411 g/mol. The number of halogens is 2.